The Hall–Kier alpha value is -2.09. The van der Waals surface area contributed by atoms with E-state index in [0.29, 0.717) is 13.1 Å². The molecule has 34 heavy (non-hydrogen) atoms. The van der Waals surface area contributed by atoms with E-state index in [-0.39, 0.29) is 5.91 Å². The zero-order valence-electron chi connectivity index (χ0n) is 23.9. The normalized spacial score (nSPS) is 13.1. The number of rotatable bonds is 16. The third-order valence-electron chi connectivity index (χ3n) is 6.01. The molecule has 0 saturated carbocycles. The Balaban J connectivity index is 4.51. The summed E-state index contributed by atoms with van der Waals surface area (Å²) in [6, 6.07) is 0. The Morgan fingerprint density at radius 2 is 0.765 bits per heavy atom. The van der Waals surface area contributed by atoms with Crippen LogP contribution in [0.25, 0.3) is 0 Å². The Kier molecular flexibility index (Phi) is 18.1. The Bertz CT molecular complexity index is 718. The van der Waals surface area contributed by atoms with E-state index in [0.717, 1.165) is 51.4 Å². The van der Waals surface area contributed by atoms with E-state index in [1.165, 1.54) is 33.4 Å². The molecule has 1 amide bonds. The highest BCUT2D eigenvalue weighted by molar-refractivity contribution is 5.73. The molecule has 0 spiro atoms. The van der Waals surface area contributed by atoms with Crippen LogP contribution in [0.1, 0.15) is 114 Å². The maximum Gasteiger partial charge on any atom is 0.220 e. The van der Waals surface area contributed by atoms with Gasteiger partial charge in [0.2, 0.25) is 5.91 Å². The van der Waals surface area contributed by atoms with Gasteiger partial charge in [-0.25, -0.2) is 0 Å². The van der Waals surface area contributed by atoms with Crippen LogP contribution in [0.2, 0.25) is 0 Å². The van der Waals surface area contributed by atoms with E-state index in [2.05, 4.69) is 91.8 Å². The van der Waals surface area contributed by atoms with Crippen molar-refractivity contribution in [2.75, 3.05) is 13.1 Å². The minimum atomic E-state index is 0.137. The van der Waals surface area contributed by atoms with Crippen LogP contribution < -0.4 is 0 Å². The minimum Gasteiger partial charge on any atom is -0.335 e. The highest BCUT2D eigenvalue weighted by atomic mass is 16.2. The lowest BCUT2D eigenvalue weighted by Gasteiger charge is -2.18. The van der Waals surface area contributed by atoms with Crippen LogP contribution in [-0.2, 0) is 4.79 Å². The molecule has 0 heterocycles. The molecule has 2 heteroatoms. The third kappa shape index (κ3) is 19.4. The molecule has 0 unspecified atom stereocenters. The van der Waals surface area contributed by atoms with Gasteiger partial charge >= 0.3 is 0 Å². The van der Waals surface area contributed by atoms with Crippen molar-refractivity contribution < 1.29 is 4.79 Å². The fourth-order valence-electron chi connectivity index (χ4n) is 3.54. The largest absolute Gasteiger partial charge is 0.335 e. The minimum absolute atomic E-state index is 0.137. The summed E-state index contributed by atoms with van der Waals surface area (Å²) >= 11 is 0. The van der Waals surface area contributed by atoms with Gasteiger partial charge in [0, 0.05) is 20.0 Å². The molecule has 0 aromatic heterocycles. The number of carbonyl (C=O) groups excluding carboxylic acids is 1. The van der Waals surface area contributed by atoms with Gasteiger partial charge < -0.3 is 4.90 Å². The van der Waals surface area contributed by atoms with Crippen LogP contribution >= 0.6 is 0 Å². The third-order valence-corrected chi connectivity index (χ3v) is 6.01. The summed E-state index contributed by atoms with van der Waals surface area (Å²) in [5.74, 6) is 0.137. The van der Waals surface area contributed by atoms with Gasteiger partial charge in [0.25, 0.3) is 0 Å². The summed E-state index contributed by atoms with van der Waals surface area (Å²) in [4.78, 5) is 14.0. The number of carbonyl (C=O) groups is 1. The summed E-state index contributed by atoms with van der Waals surface area (Å²) in [6.07, 6.45) is 22.6. The molecule has 2 nitrogen and oxygen atoms in total. The first-order valence-electron chi connectivity index (χ1n) is 13.2. The average Bonchev–Trinajstić information content (AvgIpc) is 2.72. The highest BCUT2D eigenvalue weighted by Crippen LogP contribution is 2.13. The molecule has 0 fully saturated rings. The predicted molar refractivity (Wildman–Crippen MR) is 153 cm³/mol. The molecular weight excluding hydrogens is 414 g/mol. The molecule has 0 N–H and O–H groups in total. The Morgan fingerprint density at radius 3 is 1.06 bits per heavy atom. The summed E-state index contributed by atoms with van der Waals surface area (Å²) < 4.78 is 0. The fourth-order valence-corrected chi connectivity index (χ4v) is 3.54. The molecule has 0 atom stereocenters. The first kappa shape index (κ1) is 31.9. The van der Waals surface area contributed by atoms with E-state index in [1.807, 2.05) is 4.90 Å². The number of hydrogen-bond donors (Lipinski definition) is 0. The summed E-state index contributed by atoms with van der Waals surface area (Å²) in [5, 5.41) is 0. The molecule has 192 valence electrons. The van der Waals surface area contributed by atoms with Crippen molar-refractivity contribution in [3.05, 3.63) is 69.9 Å². The molecule has 0 aliphatic heterocycles. The number of nitrogens with zero attached hydrogens (tertiary/aromatic N) is 1. The van der Waals surface area contributed by atoms with E-state index >= 15 is 0 Å². The molecule has 0 aliphatic carbocycles. The van der Waals surface area contributed by atoms with Gasteiger partial charge in [-0.3, -0.25) is 4.79 Å². The second-order valence-corrected chi connectivity index (χ2v) is 10.3. The molecule has 0 aromatic carbocycles. The smallest absolute Gasteiger partial charge is 0.220 e. The van der Waals surface area contributed by atoms with Crippen LogP contribution in [-0.4, -0.2) is 23.9 Å². The van der Waals surface area contributed by atoms with E-state index in [9.17, 15) is 4.79 Å². The van der Waals surface area contributed by atoms with Crippen LogP contribution in [0, 0.1) is 0 Å². The number of hydrogen-bond acceptors (Lipinski definition) is 1. The summed E-state index contributed by atoms with van der Waals surface area (Å²) in [7, 11) is 0. The van der Waals surface area contributed by atoms with Gasteiger partial charge in [-0.05, 0) is 107 Å². The molecule has 0 saturated heterocycles. The predicted octanol–water partition coefficient (Wildman–Crippen LogP) is 9.67. The maximum atomic E-state index is 12.1. The van der Waals surface area contributed by atoms with Gasteiger partial charge in [0.05, 0.1) is 0 Å². The Labute approximate surface area is 212 Å². The molecule has 0 rings (SSSR count). The van der Waals surface area contributed by atoms with Crippen molar-refractivity contribution in [1.29, 1.82) is 0 Å². The molecule has 0 radical (unpaired) electrons. The summed E-state index contributed by atoms with van der Waals surface area (Å²) in [5.41, 5.74) is 8.43. The molecular formula is C32H53NO. The monoisotopic (exact) mass is 467 g/mol. The van der Waals surface area contributed by atoms with Crippen molar-refractivity contribution in [1.82, 2.24) is 4.90 Å². The lowest BCUT2D eigenvalue weighted by molar-refractivity contribution is -0.127. The lowest BCUT2D eigenvalue weighted by atomic mass is 10.1. The second kappa shape index (κ2) is 19.2. The van der Waals surface area contributed by atoms with E-state index in [1.54, 1.807) is 6.92 Å². The molecule has 0 aliphatic rings. The average molecular weight is 468 g/mol. The Morgan fingerprint density at radius 1 is 0.471 bits per heavy atom. The van der Waals surface area contributed by atoms with Gasteiger partial charge in [-0.2, -0.15) is 0 Å². The van der Waals surface area contributed by atoms with Gasteiger partial charge in [-0.15, -0.1) is 0 Å². The van der Waals surface area contributed by atoms with E-state index in [4.69, 9.17) is 0 Å². The van der Waals surface area contributed by atoms with Crippen molar-refractivity contribution in [2.45, 2.75) is 114 Å². The first-order chi connectivity index (χ1) is 16.0. The SMILES string of the molecule is CC(=O)N(C/C=C(\C)CC/C=C(\C)CCC=C(C)C)C/C=C(\C)CC/C=C(\C)CCC=C(C)C. The fraction of sp³-hybridized carbons (Fsp3) is 0.594. The lowest BCUT2D eigenvalue weighted by Crippen LogP contribution is -2.29. The summed E-state index contributed by atoms with van der Waals surface area (Å²) in [6.45, 7) is 20.5. The second-order valence-electron chi connectivity index (χ2n) is 10.3. The van der Waals surface area contributed by atoms with Crippen LogP contribution in [0.15, 0.2) is 69.9 Å². The number of amides is 1. The van der Waals surface area contributed by atoms with Crippen molar-refractivity contribution in [3.63, 3.8) is 0 Å². The molecule has 0 bridgehead atoms. The van der Waals surface area contributed by atoms with E-state index < -0.39 is 0 Å². The first-order valence-corrected chi connectivity index (χ1v) is 13.2. The van der Waals surface area contributed by atoms with Crippen LogP contribution in [0.4, 0.5) is 0 Å². The van der Waals surface area contributed by atoms with Gasteiger partial charge in [0.15, 0.2) is 0 Å². The highest BCUT2D eigenvalue weighted by Gasteiger charge is 2.05. The zero-order chi connectivity index (χ0) is 25.9. The quantitative estimate of drug-likeness (QED) is 0.207. The standard InChI is InChI=1S/C32H53NO/c1-26(2)14-10-16-28(5)18-12-20-30(7)22-24-33(32(9)34)25-23-31(8)21-13-19-29(6)17-11-15-27(3)4/h14-15,18-19,22-23H,10-13,16-17,20-21,24-25H2,1-9H3/b28-18+,29-19+,30-22+,31-23+. The zero-order valence-corrected chi connectivity index (χ0v) is 23.9. The van der Waals surface area contributed by atoms with Gasteiger partial charge in [-0.1, -0.05) is 69.9 Å². The van der Waals surface area contributed by atoms with Crippen molar-refractivity contribution in [3.8, 4) is 0 Å². The van der Waals surface area contributed by atoms with Gasteiger partial charge in [0.1, 0.15) is 0 Å². The topological polar surface area (TPSA) is 20.3 Å². The maximum absolute atomic E-state index is 12.1. The molecule has 0 aromatic rings. The van der Waals surface area contributed by atoms with Crippen molar-refractivity contribution in [2.24, 2.45) is 0 Å². The van der Waals surface area contributed by atoms with Crippen LogP contribution in [0.5, 0.6) is 0 Å². The number of allylic oxidation sites excluding steroid dienone is 10. The van der Waals surface area contributed by atoms with Crippen molar-refractivity contribution >= 4 is 5.91 Å². The van der Waals surface area contributed by atoms with Crippen LogP contribution in [0.3, 0.4) is 0 Å².